The maximum atomic E-state index is 7.11. The van der Waals surface area contributed by atoms with Crippen LogP contribution in [0.3, 0.4) is 0 Å². The van der Waals surface area contributed by atoms with Crippen molar-refractivity contribution in [1.29, 1.82) is 0 Å². The second-order valence-electron chi connectivity index (χ2n) is 10.3. The molecule has 0 bridgehead atoms. The van der Waals surface area contributed by atoms with E-state index >= 15 is 0 Å². The van der Waals surface area contributed by atoms with E-state index in [0.29, 0.717) is 24.1 Å². The van der Waals surface area contributed by atoms with Crippen LogP contribution in [0.2, 0.25) is 5.02 Å². The number of methoxy groups -OCH3 is 1. The monoisotopic (exact) mass is 528 g/mol. The Morgan fingerprint density at radius 1 is 1.11 bits per heavy atom. The van der Waals surface area contributed by atoms with Gasteiger partial charge in [-0.3, -0.25) is 9.80 Å². The van der Waals surface area contributed by atoms with Gasteiger partial charge in [-0.25, -0.2) is 9.50 Å². The highest BCUT2D eigenvalue weighted by atomic mass is 35.5. The number of anilines is 1. The Labute approximate surface area is 220 Å². The number of aryl methyl sites for hydroxylation is 1. The lowest BCUT2D eigenvalue weighted by atomic mass is 10.1. The number of thiophene rings is 1. The molecule has 1 fully saturated rings. The minimum absolute atomic E-state index is 0.138. The summed E-state index contributed by atoms with van der Waals surface area (Å²) in [6.07, 6.45) is 1.49. The van der Waals surface area contributed by atoms with E-state index < -0.39 is 0 Å². The molecule has 36 heavy (non-hydrogen) atoms. The number of nitrogens with zero attached hydrogens (tertiary/aromatic N) is 5. The Hall–Kier alpha value is -2.43. The summed E-state index contributed by atoms with van der Waals surface area (Å²) >= 11 is 8.76. The van der Waals surface area contributed by atoms with Crippen molar-refractivity contribution in [3.63, 3.8) is 0 Å². The summed E-state index contributed by atoms with van der Waals surface area (Å²) in [6.45, 7) is 13.4. The van der Waals surface area contributed by atoms with Gasteiger partial charge < -0.3 is 15.2 Å². The molecule has 0 unspecified atom stereocenters. The number of hydrogen-bond acceptors (Lipinski definition) is 8. The van der Waals surface area contributed by atoms with Gasteiger partial charge in [-0.05, 0) is 50.8 Å². The number of nitrogen functional groups attached to an aromatic ring is 1. The molecule has 0 spiro atoms. The smallest absolute Gasteiger partial charge is 0.152 e. The molecule has 4 aromatic rings. The number of aromatic nitrogens is 3. The lowest BCUT2D eigenvalue weighted by molar-refractivity contribution is -0.0744. The molecule has 10 heteroatoms. The van der Waals surface area contributed by atoms with Crippen molar-refractivity contribution in [2.45, 2.75) is 39.8 Å². The van der Waals surface area contributed by atoms with Crippen LogP contribution in [0, 0.1) is 6.92 Å². The van der Waals surface area contributed by atoms with E-state index in [1.54, 1.807) is 18.4 Å². The molecule has 1 aliphatic heterocycles. The Bertz CT molecular complexity index is 1400. The third-order valence-electron chi connectivity index (χ3n) is 6.49. The number of benzene rings is 1. The first kappa shape index (κ1) is 25.2. The minimum Gasteiger partial charge on any atom is -0.495 e. The molecule has 8 nitrogen and oxygen atoms in total. The number of nitrogens with two attached hydrogens (primary N) is 1. The second-order valence-corrected chi connectivity index (χ2v) is 11.7. The lowest BCUT2D eigenvalue weighted by Gasteiger charge is -2.35. The van der Waals surface area contributed by atoms with E-state index in [4.69, 9.17) is 26.8 Å². The van der Waals surface area contributed by atoms with Gasteiger partial charge in [-0.1, -0.05) is 17.7 Å². The van der Waals surface area contributed by atoms with Gasteiger partial charge in [0.25, 0.3) is 0 Å². The van der Waals surface area contributed by atoms with Crippen LogP contribution in [0.15, 0.2) is 24.5 Å². The van der Waals surface area contributed by atoms with Crippen LogP contribution in [-0.4, -0.2) is 70.0 Å². The number of rotatable bonds is 6. The Morgan fingerprint density at radius 2 is 1.83 bits per heavy atom. The van der Waals surface area contributed by atoms with Gasteiger partial charge in [-0.2, -0.15) is 5.10 Å². The van der Waals surface area contributed by atoms with Gasteiger partial charge in [0.2, 0.25) is 0 Å². The quantitative estimate of drug-likeness (QED) is 0.375. The molecule has 0 saturated carbocycles. The van der Waals surface area contributed by atoms with Crippen LogP contribution in [0.1, 0.15) is 32.0 Å². The Kier molecular flexibility index (Phi) is 6.86. The predicted molar refractivity (Wildman–Crippen MR) is 147 cm³/mol. The zero-order chi connectivity index (χ0) is 25.6. The van der Waals surface area contributed by atoms with Crippen LogP contribution in [0.4, 0.5) is 5.82 Å². The molecular weight excluding hydrogens is 496 g/mol. The van der Waals surface area contributed by atoms with Gasteiger partial charge in [0.1, 0.15) is 17.6 Å². The van der Waals surface area contributed by atoms with Crippen molar-refractivity contribution in [1.82, 2.24) is 24.4 Å². The molecule has 3 aromatic heterocycles. The summed E-state index contributed by atoms with van der Waals surface area (Å²) in [5, 5.41) is 6.34. The third kappa shape index (κ3) is 4.90. The van der Waals surface area contributed by atoms with Crippen LogP contribution in [-0.2, 0) is 11.3 Å². The molecule has 1 saturated heterocycles. The van der Waals surface area contributed by atoms with Crippen molar-refractivity contribution in [2.75, 3.05) is 45.8 Å². The zero-order valence-electron chi connectivity index (χ0n) is 21.5. The normalized spacial score (nSPS) is 15.8. The molecule has 0 radical (unpaired) electrons. The van der Waals surface area contributed by atoms with E-state index in [1.165, 1.54) is 6.33 Å². The summed E-state index contributed by atoms with van der Waals surface area (Å²) in [7, 11) is 1.70. The number of halogens is 1. The first-order chi connectivity index (χ1) is 17.1. The fraction of sp³-hybridized carbons (Fsp3) is 0.462. The van der Waals surface area contributed by atoms with E-state index in [0.717, 1.165) is 69.2 Å². The fourth-order valence-corrected chi connectivity index (χ4v) is 6.19. The van der Waals surface area contributed by atoms with Gasteiger partial charge in [0, 0.05) is 43.2 Å². The zero-order valence-corrected chi connectivity index (χ0v) is 23.0. The summed E-state index contributed by atoms with van der Waals surface area (Å²) in [5.41, 5.74) is 9.94. The molecule has 0 atom stereocenters. The molecule has 4 heterocycles. The highest BCUT2D eigenvalue weighted by molar-refractivity contribution is 7.22. The van der Waals surface area contributed by atoms with E-state index in [9.17, 15) is 0 Å². The fourth-order valence-electron chi connectivity index (χ4n) is 4.62. The standard InChI is InChI=1S/C26H33ClN6O2S/c1-16-10-17-12-20(36-24(17)19(11-16)34-5)21-22(27)18(33-23(21)25(28)29-14-30-33)13-31-6-8-32(9-7-31)15-35-26(2,3)4/h10-12,14H,6-9,13,15H2,1-5H3,(H2,28,29,30). The first-order valence-corrected chi connectivity index (χ1v) is 13.3. The maximum Gasteiger partial charge on any atom is 0.152 e. The van der Waals surface area contributed by atoms with Crippen LogP contribution in [0.5, 0.6) is 5.75 Å². The third-order valence-corrected chi connectivity index (χ3v) is 8.08. The summed E-state index contributed by atoms with van der Waals surface area (Å²) < 4.78 is 14.6. The molecule has 0 aliphatic carbocycles. The van der Waals surface area contributed by atoms with Crippen LogP contribution in [0.25, 0.3) is 26.0 Å². The highest BCUT2D eigenvalue weighted by Crippen LogP contribution is 2.46. The van der Waals surface area contributed by atoms with Gasteiger partial charge in [0.05, 0.1) is 34.9 Å². The Morgan fingerprint density at radius 3 is 2.53 bits per heavy atom. The predicted octanol–water partition coefficient (Wildman–Crippen LogP) is 5.05. The average Bonchev–Trinajstić information content (AvgIpc) is 3.37. The van der Waals surface area contributed by atoms with Gasteiger partial charge >= 0.3 is 0 Å². The van der Waals surface area contributed by atoms with Gasteiger partial charge in [-0.15, -0.1) is 11.3 Å². The van der Waals surface area contributed by atoms with Crippen molar-refractivity contribution in [3.05, 3.63) is 40.8 Å². The minimum atomic E-state index is -0.138. The largest absolute Gasteiger partial charge is 0.495 e. The first-order valence-electron chi connectivity index (χ1n) is 12.1. The van der Waals surface area contributed by atoms with Crippen molar-refractivity contribution < 1.29 is 9.47 Å². The summed E-state index contributed by atoms with van der Waals surface area (Å²) in [5.74, 6) is 1.27. The number of hydrogen-bond donors (Lipinski definition) is 1. The molecular formula is C26H33ClN6O2S. The summed E-state index contributed by atoms with van der Waals surface area (Å²) in [4.78, 5) is 10.0. The average molecular weight is 529 g/mol. The van der Waals surface area contributed by atoms with Crippen molar-refractivity contribution in [2.24, 2.45) is 0 Å². The summed E-state index contributed by atoms with van der Waals surface area (Å²) in [6, 6.07) is 6.37. The molecule has 1 aliphatic rings. The highest BCUT2D eigenvalue weighted by Gasteiger charge is 2.26. The van der Waals surface area contributed by atoms with Crippen LogP contribution >= 0.6 is 22.9 Å². The van der Waals surface area contributed by atoms with Gasteiger partial charge in [0.15, 0.2) is 5.82 Å². The number of ether oxygens (including phenoxy) is 2. The van der Waals surface area contributed by atoms with Crippen molar-refractivity contribution in [3.8, 4) is 16.2 Å². The van der Waals surface area contributed by atoms with E-state index in [1.807, 2.05) is 4.52 Å². The molecule has 2 N–H and O–H groups in total. The Balaban J connectivity index is 1.47. The van der Waals surface area contributed by atoms with E-state index in [-0.39, 0.29) is 5.60 Å². The number of fused-ring (bicyclic) bond motifs is 2. The number of piperazine rings is 1. The molecule has 0 amide bonds. The second kappa shape index (κ2) is 9.79. The lowest BCUT2D eigenvalue weighted by Crippen LogP contribution is -2.47. The molecule has 5 rings (SSSR count). The molecule has 1 aromatic carbocycles. The molecule has 192 valence electrons. The maximum absolute atomic E-state index is 7.11. The van der Waals surface area contributed by atoms with Crippen LogP contribution < -0.4 is 10.5 Å². The van der Waals surface area contributed by atoms with Crippen molar-refractivity contribution >= 4 is 44.4 Å². The SMILES string of the molecule is COc1cc(C)cc2cc(-c3c(Cl)c(CN4CCN(COC(C)(C)C)CC4)n4ncnc(N)c34)sc12. The van der Waals surface area contributed by atoms with E-state index in [2.05, 4.69) is 65.8 Å². The topological polar surface area (TPSA) is 81.2 Å².